The molecule has 0 radical (unpaired) electrons. The molecule has 2 saturated heterocycles. The first-order valence-electron chi connectivity index (χ1n) is 10.3. The fraction of sp³-hybridized carbons (Fsp3) is 0.682. The summed E-state index contributed by atoms with van der Waals surface area (Å²) >= 11 is 0. The summed E-state index contributed by atoms with van der Waals surface area (Å²) in [6, 6.07) is 9.56. The number of para-hydroxylation sites is 1. The zero-order valence-corrected chi connectivity index (χ0v) is 15.9. The Labute approximate surface area is 155 Å². The summed E-state index contributed by atoms with van der Waals surface area (Å²) in [6.07, 6.45) is 7.19. The largest absolute Gasteiger partial charge is 0.469 e. The van der Waals surface area contributed by atoms with Gasteiger partial charge in [-0.05, 0) is 43.7 Å². The van der Waals surface area contributed by atoms with Crippen LogP contribution < -0.4 is 5.32 Å². The van der Waals surface area contributed by atoms with Crippen molar-refractivity contribution in [3.05, 3.63) is 29.8 Å². The number of rotatable bonds is 1. The predicted molar refractivity (Wildman–Crippen MR) is 99.8 cm³/mol. The number of hydrogen-bond acceptors (Lipinski definition) is 3. The molecule has 0 amide bonds. The zero-order chi connectivity index (χ0) is 17.8. The fourth-order valence-corrected chi connectivity index (χ4v) is 8.79. The molecule has 1 aromatic carbocycles. The van der Waals surface area contributed by atoms with Crippen LogP contribution in [-0.2, 0) is 14.9 Å². The molecule has 4 nitrogen and oxygen atoms in total. The molecule has 3 aliphatic heterocycles. The van der Waals surface area contributed by atoms with Gasteiger partial charge in [0.25, 0.3) is 0 Å². The number of benzene rings is 1. The quantitative estimate of drug-likeness (QED) is 0.623. The van der Waals surface area contributed by atoms with Crippen LogP contribution in [0.2, 0.25) is 0 Å². The number of esters is 1. The molecule has 6 aliphatic rings. The molecule has 138 valence electrons. The highest BCUT2D eigenvalue weighted by atomic mass is 16.5. The summed E-state index contributed by atoms with van der Waals surface area (Å²) in [5.74, 6) is -0.0107. The monoisotopic (exact) mass is 353 g/mol. The molecule has 1 N–H and O–H groups in total. The van der Waals surface area contributed by atoms with E-state index in [0.29, 0.717) is 11.5 Å². The van der Waals surface area contributed by atoms with Gasteiger partial charge in [-0.3, -0.25) is 4.79 Å². The number of carbonyl (C=O) groups is 1. The molecular formula is C22H29N2O2+. The Balaban J connectivity index is 1.67. The number of ether oxygens (including phenoxy) is 1. The van der Waals surface area contributed by atoms with Crippen molar-refractivity contribution in [2.75, 3.05) is 32.6 Å². The smallest absolute Gasteiger partial charge is 0.311 e. The van der Waals surface area contributed by atoms with Gasteiger partial charge in [0.15, 0.2) is 0 Å². The van der Waals surface area contributed by atoms with E-state index >= 15 is 0 Å². The van der Waals surface area contributed by atoms with Crippen LogP contribution in [0.5, 0.6) is 0 Å². The standard InChI is InChI=1S/C22H29N2O2/c1-24-12-5-8-20-9-10-22(16(14-20)18(25)26-2)21(11-13-24,19(20)24)15-6-3-4-7-17(15)23-22/h3-4,6-7,16,19,23H,5,8-14H2,1-2H3/q+1/t16?,19-,20-,21-,22-,24?/m1/s1. The molecule has 0 aromatic heterocycles. The maximum atomic E-state index is 13.0. The van der Waals surface area contributed by atoms with Crippen LogP contribution in [0.4, 0.5) is 5.69 Å². The lowest BCUT2D eigenvalue weighted by Gasteiger charge is -2.68. The normalized spacial score (nSPS) is 49.8. The molecular weight excluding hydrogens is 324 g/mol. The van der Waals surface area contributed by atoms with Crippen molar-refractivity contribution in [3.8, 4) is 0 Å². The number of anilines is 1. The van der Waals surface area contributed by atoms with Crippen LogP contribution >= 0.6 is 0 Å². The van der Waals surface area contributed by atoms with Gasteiger partial charge in [0, 0.05) is 17.5 Å². The van der Waals surface area contributed by atoms with Gasteiger partial charge in [0.05, 0.1) is 44.1 Å². The number of hydrogen-bond donors (Lipinski definition) is 1. The van der Waals surface area contributed by atoms with Gasteiger partial charge < -0.3 is 14.5 Å². The van der Waals surface area contributed by atoms with Gasteiger partial charge in [-0.25, -0.2) is 0 Å². The molecule has 5 fully saturated rings. The molecule has 2 bridgehead atoms. The van der Waals surface area contributed by atoms with Crippen molar-refractivity contribution in [2.45, 2.75) is 55.5 Å². The van der Waals surface area contributed by atoms with Crippen molar-refractivity contribution in [2.24, 2.45) is 11.3 Å². The Morgan fingerprint density at radius 3 is 2.88 bits per heavy atom. The summed E-state index contributed by atoms with van der Waals surface area (Å²) in [4.78, 5) is 13.0. The van der Waals surface area contributed by atoms with Crippen molar-refractivity contribution >= 4 is 11.7 Å². The number of nitrogens with zero attached hydrogens (tertiary/aromatic N) is 1. The number of fused-ring (bicyclic) bond motifs is 3. The van der Waals surface area contributed by atoms with Gasteiger partial charge >= 0.3 is 5.97 Å². The van der Waals surface area contributed by atoms with E-state index in [1.165, 1.54) is 54.5 Å². The van der Waals surface area contributed by atoms with Crippen LogP contribution in [0.1, 0.15) is 44.1 Å². The fourth-order valence-electron chi connectivity index (χ4n) is 8.79. The number of nitrogens with one attached hydrogen (secondary N) is 1. The molecule has 3 saturated carbocycles. The highest BCUT2D eigenvalue weighted by Crippen LogP contribution is 2.75. The number of carbonyl (C=O) groups excluding carboxylic acids is 1. The van der Waals surface area contributed by atoms with E-state index in [1.54, 1.807) is 7.11 Å². The van der Waals surface area contributed by atoms with Crippen LogP contribution in [-0.4, -0.2) is 49.3 Å². The Morgan fingerprint density at radius 1 is 1.19 bits per heavy atom. The van der Waals surface area contributed by atoms with E-state index in [0.717, 1.165) is 12.8 Å². The molecule has 3 heterocycles. The average molecular weight is 353 g/mol. The van der Waals surface area contributed by atoms with E-state index < -0.39 is 0 Å². The highest BCUT2D eigenvalue weighted by molar-refractivity contribution is 5.80. The van der Waals surface area contributed by atoms with Crippen molar-refractivity contribution < 1.29 is 14.0 Å². The van der Waals surface area contributed by atoms with Crippen LogP contribution in [0.15, 0.2) is 24.3 Å². The predicted octanol–water partition coefficient (Wildman–Crippen LogP) is 3.07. The summed E-state index contributed by atoms with van der Waals surface area (Å²) < 4.78 is 6.58. The van der Waals surface area contributed by atoms with Gasteiger partial charge in [-0.2, -0.15) is 0 Å². The van der Waals surface area contributed by atoms with Crippen molar-refractivity contribution in [3.63, 3.8) is 0 Å². The van der Waals surface area contributed by atoms with E-state index in [9.17, 15) is 4.79 Å². The van der Waals surface area contributed by atoms with E-state index in [4.69, 9.17) is 4.74 Å². The minimum Gasteiger partial charge on any atom is -0.469 e. The summed E-state index contributed by atoms with van der Waals surface area (Å²) in [6.45, 7) is 2.55. The minimum atomic E-state index is -0.149. The molecule has 26 heavy (non-hydrogen) atoms. The Kier molecular flexibility index (Phi) is 2.66. The number of methoxy groups -OCH3 is 1. The molecule has 3 spiro atoms. The number of quaternary nitrogens is 1. The van der Waals surface area contributed by atoms with Crippen molar-refractivity contribution in [1.82, 2.24) is 0 Å². The van der Waals surface area contributed by atoms with E-state index in [1.807, 2.05) is 0 Å². The van der Waals surface area contributed by atoms with Crippen molar-refractivity contribution in [1.29, 1.82) is 0 Å². The maximum Gasteiger partial charge on any atom is 0.311 e. The summed E-state index contributed by atoms with van der Waals surface area (Å²) in [5.41, 5.74) is 3.02. The van der Waals surface area contributed by atoms with Gasteiger partial charge in [-0.15, -0.1) is 0 Å². The molecule has 6 atom stereocenters. The Morgan fingerprint density at radius 2 is 2.04 bits per heavy atom. The first-order valence-corrected chi connectivity index (χ1v) is 10.3. The molecule has 2 unspecified atom stereocenters. The lowest BCUT2D eigenvalue weighted by Crippen LogP contribution is -2.79. The first kappa shape index (κ1) is 15.5. The SMILES string of the molecule is COC(=O)C1C[C@@]23CCC[N+]4(C)CC[C@@]5(c6ccccc6N[C@]15CC2)[C@@H]34. The van der Waals surface area contributed by atoms with Gasteiger partial charge in [-0.1, -0.05) is 18.2 Å². The minimum absolute atomic E-state index is 0.00822. The second-order valence-electron chi connectivity index (χ2n) is 9.94. The summed E-state index contributed by atoms with van der Waals surface area (Å²) in [7, 11) is 4.07. The average Bonchev–Trinajstić information content (AvgIpc) is 3.15. The second kappa shape index (κ2) is 4.46. The van der Waals surface area contributed by atoms with Gasteiger partial charge in [0.2, 0.25) is 0 Å². The topological polar surface area (TPSA) is 38.3 Å². The third-order valence-electron chi connectivity index (χ3n) is 9.30. The molecule has 1 aromatic rings. The molecule has 7 rings (SSSR count). The number of likely N-dealkylation sites (N-methyl/N-ethyl adjacent to an activating group) is 1. The lowest BCUT2D eigenvalue weighted by atomic mass is 9.38. The zero-order valence-electron chi connectivity index (χ0n) is 15.9. The Bertz CT molecular complexity index is 824. The maximum absolute atomic E-state index is 13.0. The number of piperidine rings is 1. The van der Waals surface area contributed by atoms with Crippen LogP contribution in [0.25, 0.3) is 0 Å². The third kappa shape index (κ3) is 1.38. The molecule has 3 aliphatic carbocycles. The second-order valence-corrected chi connectivity index (χ2v) is 9.94. The van der Waals surface area contributed by atoms with E-state index in [-0.39, 0.29) is 22.8 Å². The van der Waals surface area contributed by atoms with Crippen LogP contribution in [0, 0.1) is 11.3 Å². The Hall–Kier alpha value is -1.55. The van der Waals surface area contributed by atoms with E-state index in [2.05, 4.69) is 36.6 Å². The lowest BCUT2D eigenvalue weighted by molar-refractivity contribution is -0.939. The molecule has 4 heteroatoms. The van der Waals surface area contributed by atoms with Crippen LogP contribution in [0.3, 0.4) is 0 Å². The third-order valence-corrected chi connectivity index (χ3v) is 9.30. The first-order chi connectivity index (χ1) is 12.5. The highest BCUT2D eigenvalue weighted by Gasteiger charge is 2.83. The summed E-state index contributed by atoms with van der Waals surface area (Å²) in [5, 5.41) is 3.96. The van der Waals surface area contributed by atoms with Gasteiger partial charge in [0.1, 0.15) is 6.04 Å².